The molecule has 0 spiro atoms. The Labute approximate surface area is 475 Å². The Morgan fingerprint density at radius 1 is 0.575 bits per heavy atom. The van der Waals surface area contributed by atoms with E-state index in [9.17, 15) is 19.2 Å². The van der Waals surface area contributed by atoms with Crippen LogP contribution < -0.4 is 0 Å². The highest BCUT2D eigenvalue weighted by molar-refractivity contribution is 5.87. The fourth-order valence-corrected chi connectivity index (χ4v) is 21.8. The third-order valence-electron chi connectivity index (χ3n) is 24.9. The average Bonchev–Trinajstić information content (AvgIpc) is 4.24. The summed E-state index contributed by atoms with van der Waals surface area (Å²) >= 11 is 0. The number of carbonyl (C=O) groups excluding carboxylic acids is 7. The van der Waals surface area contributed by atoms with E-state index in [0.29, 0.717) is 72.5 Å². The zero-order valence-corrected chi connectivity index (χ0v) is 50.1. The standard InChI is InChI=1S/C66H96O14/c1-36-43-11-12-44(23-43)48(36)32-62(8,57(72)80-61(6,7)66-29-40-20-41(30-66)22-42(21-40)31-66)34-64(10,56(71)78-50-45-24-46-47(25-45)52(67)77-51(46)50)35-63(9,55(70)76-49-13-15-74-53(49)68)33-59(2,3)54(69)79-60(4,5)14-16-75-58(73)65-26-37-17-38(27-65)19-39(18-37)28-65/h36-51H,11-35H2,1-10H3. The SMILES string of the molecule is CC1C2CCC(C2)C1CC(C)(CC(C)(CC(C)(CC(C)(C)C(=O)OC(C)(C)CCOC(=O)C12CC3CC(CC(C3)C1)C2)C(=O)OC1CCOC1=O)C(=O)OC1C2CC3C(=O)OC1C3C2)C(=O)OC(C)(C)C12CC3CC(CC(C3)C1)C2. The Morgan fingerprint density at radius 2 is 1.14 bits per heavy atom. The summed E-state index contributed by atoms with van der Waals surface area (Å²) in [5, 5.41) is 0. The molecule has 14 nitrogen and oxygen atoms in total. The molecule has 13 unspecified atom stereocenters. The quantitative estimate of drug-likeness (QED) is 0.0781. The molecule has 12 aliphatic carbocycles. The molecule has 13 atom stereocenters. The van der Waals surface area contributed by atoms with E-state index >= 15 is 14.4 Å². The molecule has 0 amide bonds. The monoisotopic (exact) mass is 1110 g/mol. The van der Waals surface area contributed by atoms with Crippen molar-refractivity contribution >= 4 is 41.8 Å². The predicted octanol–water partition coefficient (Wildman–Crippen LogP) is 11.6. The van der Waals surface area contributed by atoms with E-state index in [4.69, 9.17) is 33.2 Å². The van der Waals surface area contributed by atoms with Gasteiger partial charge in [0.2, 0.25) is 6.10 Å². The first-order chi connectivity index (χ1) is 37.5. The van der Waals surface area contributed by atoms with Gasteiger partial charge in [0, 0.05) is 30.1 Å². The number of rotatable bonds is 21. The van der Waals surface area contributed by atoms with Crippen molar-refractivity contribution in [2.45, 2.75) is 246 Å². The summed E-state index contributed by atoms with van der Waals surface area (Å²) in [6.07, 6.45) is 15.9. The molecule has 0 radical (unpaired) electrons. The van der Waals surface area contributed by atoms with Gasteiger partial charge in [0.15, 0.2) is 0 Å². The fraction of sp³-hybridized carbons (Fsp3) is 0.894. The van der Waals surface area contributed by atoms with Gasteiger partial charge in [0.25, 0.3) is 0 Å². The molecular formula is C66H96O14. The van der Waals surface area contributed by atoms with Gasteiger partial charge in [-0.1, -0.05) is 6.92 Å². The van der Waals surface area contributed by atoms with Crippen molar-refractivity contribution in [3.8, 4) is 0 Å². The number of fused-ring (bicyclic) bond motifs is 3. The Morgan fingerprint density at radius 3 is 1.71 bits per heavy atom. The van der Waals surface area contributed by atoms with Crippen LogP contribution in [0.3, 0.4) is 0 Å². The summed E-state index contributed by atoms with van der Waals surface area (Å²) in [6.45, 7) is 19.2. The van der Waals surface area contributed by atoms with Crippen LogP contribution in [0, 0.1) is 109 Å². The molecule has 14 aliphatic rings. The summed E-state index contributed by atoms with van der Waals surface area (Å²) in [6, 6.07) is 0. The van der Waals surface area contributed by atoms with E-state index in [-0.39, 0.29) is 92.3 Å². The van der Waals surface area contributed by atoms with Crippen LogP contribution in [0.2, 0.25) is 0 Å². The van der Waals surface area contributed by atoms with Crippen molar-refractivity contribution in [3.05, 3.63) is 0 Å². The van der Waals surface area contributed by atoms with Gasteiger partial charge < -0.3 is 33.2 Å². The van der Waals surface area contributed by atoms with Crippen LogP contribution >= 0.6 is 0 Å². The van der Waals surface area contributed by atoms with Crippen LogP contribution in [0.4, 0.5) is 0 Å². The van der Waals surface area contributed by atoms with E-state index in [0.717, 1.165) is 51.4 Å². The Kier molecular flexibility index (Phi) is 14.0. The van der Waals surface area contributed by atoms with E-state index in [2.05, 4.69) is 20.8 Å². The molecule has 12 bridgehead atoms. The van der Waals surface area contributed by atoms with E-state index in [1.54, 1.807) is 41.5 Å². The molecule has 12 saturated carbocycles. The third-order valence-corrected chi connectivity index (χ3v) is 24.9. The molecule has 0 aromatic heterocycles. The van der Waals surface area contributed by atoms with Gasteiger partial charge in [-0.25, -0.2) is 4.79 Å². The minimum absolute atomic E-state index is 0.0304. The largest absolute Gasteiger partial charge is 0.465 e. The molecule has 0 aromatic carbocycles. The minimum atomic E-state index is -1.67. The second kappa shape index (κ2) is 19.7. The fourth-order valence-electron chi connectivity index (χ4n) is 21.8. The van der Waals surface area contributed by atoms with Crippen molar-refractivity contribution in [1.82, 2.24) is 0 Å². The second-order valence-corrected chi connectivity index (χ2v) is 32.6. The maximum atomic E-state index is 16.0. The Balaban J connectivity index is 0.841. The molecule has 444 valence electrons. The Bertz CT molecular complexity index is 2450. The second-order valence-electron chi connectivity index (χ2n) is 32.6. The molecule has 14 heteroatoms. The molecule has 80 heavy (non-hydrogen) atoms. The molecule has 2 aliphatic heterocycles. The number of esters is 7. The first-order valence-corrected chi connectivity index (χ1v) is 31.9. The number of cyclic esters (lactones) is 1. The highest BCUT2D eigenvalue weighted by Gasteiger charge is 2.66. The van der Waals surface area contributed by atoms with Crippen LogP contribution in [0.25, 0.3) is 0 Å². The van der Waals surface area contributed by atoms with Crippen molar-refractivity contribution < 1.29 is 66.7 Å². The predicted molar refractivity (Wildman–Crippen MR) is 292 cm³/mol. The van der Waals surface area contributed by atoms with E-state index < -0.39 is 80.5 Å². The lowest BCUT2D eigenvalue weighted by molar-refractivity contribution is -0.210. The van der Waals surface area contributed by atoms with Crippen molar-refractivity contribution in [1.29, 1.82) is 0 Å². The lowest BCUT2D eigenvalue weighted by Crippen LogP contribution is -2.58. The maximum absolute atomic E-state index is 16.0. The summed E-state index contributed by atoms with van der Waals surface area (Å²) in [7, 11) is 0. The van der Waals surface area contributed by atoms with Crippen molar-refractivity contribution in [2.75, 3.05) is 13.2 Å². The number of hydrogen-bond acceptors (Lipinski definition) is 14. The summed E-state index contributed by atoms with van der Waals surface area (Å²) in [4.78, 5) is 102. The first kappa shape index (κ1) is 56.8. The van der Waals surface area contributed by atoms with Crippen LogP contribution in [0.5, 0.6) is 0 Å². The third kappa shape index (κ3) is 9.95. The molecule has 0 aromatic rings. The molecule has 2 saturated heterocycles. The average molecular weight is 1110 g/mol. The minimum Gasteiger partial charge on any atom is -0.465 e. The Hall–Kier alpha value is -3.71. The molecular weight excluding hydrogens is 1020 g/mol. The highest BCUT2D eigenvalue weighted by atomic mass is 16.6. The highest BCUT2D eigenvalue weighted by Crippen LogP contribution is 2.66. The maximum Gasteiger partial charge on any atom is 0.347 e. The number of hydrogen-bond donors (Lipinski definition) is 0. The van der Waals surface area contributed by atoms with Crippen LogP contribution in [0.15, 0.2) is 0 Å². The molecule has 2 heterocycles. The van der Waals surface area contributed by atoms with Gasteiger partial charge in [-0.3, -0.25) is 28.8 Å². The van der Waals surface area contributed by atoms with Crippen molar-refractivity contribution in [3.63, 3.8) is 0 Å². The lowest BCUT2D eigenvalue weighted by atomic mass is 9.46. The summed E-state index contributed by atoms with van der Waals surface area (Å²) in [5.74, 6) is 1.56. The van der Waals surface area contributed by atoms with E-state index in [1.165, 1.54) is 44.9 Å². The van der Waals surface area contributed by atoms with Gasteiger partial charge in [0.1, 0.15) is 23.4 Å². The zero-order chi connectivity index (χ0) is 56.9. The number of ether oxygens (including phenoxy) is 7. The van der Waals surface area contributed by atoms with Gasteiger partial charge in [-0.2, -0.15) is 0 Å². The molecule has 0 N–H and O–H groups in total. The first-order valence-electron chi connectivity index (χ1n) is 31.9. The van der Waals surface area contributed by atoms with Gasteiger partial charge in [-0.05, 0) is 256 Å². The van der Waals surface area contributed by atoms with E-state index in [1.807, 2.05) is 6.92 Å². The molecule has 14 fully saturated rings. The van der Waals surface area contributed by atoms with Crippen LogP contribution in [-0.4, -0.2) is 84.5 Å². The zero-order valence-electron chi connectivity index (χ0n) is 50.1. The summed E-state index contributed by atoms with van der Waals surface area (Å²) in [5.41, 5.74) is -8.30. The van der Waals surface area contributed by atoms with Gasteiger partial charge in [0.05, 0.1) is 46.2 Å². The normalized spacial score (nSPS) is 41.9. The summed E-state index contributed by atoms with van der Waals surface area (Å²) < 4.78 is 43.6. The van der Waals surface area contributed by atoms with Crippen LogP contribution in [0.1, 0.15) is 217 Å². The number of carbonyl (C=O) groups is 7. The van der Waals surface area contributed by atoms with Gasteiger partial charge >= 0.3 is 41.8 Å². The van der Waals surface area contributed by atoms with Gasteiger partial charge in [-0.15, -0.1) is 0 Å². The molecule has 14 rings (SSSR count). The topological polar surface area (TPSA) is 184 Å². The lowest BCUT2D eigenvalue weighted by Gasteiger charge is -2.61. The smallest absolute Gasteiger partial charge is 0.347 e. The van der Waals surface area contributed by atoms with Crippen molar-refractivity contribution in [2.24, 2.45) is 109 Å². The van der Waals surface area contributed by atoms with Crippen LogP contribution in [-0.2, 0) is 66.7 Å².